The monoisotopic (exact) mass is 537 g/mol. The first-order valence-electron chi connectivity index (χ1n) is 10.9. The zero-order valence-corrected chi connectivity index (χ0v) is 20.2. The maximum atomic E-state index is 4.88. The van der Waals surface area contributed by atoms with Crippen LogP contribution in [0.25, 0.3) is 44.5 Å². The van der Waals surface area contributed by atoms with Crippen molar-refractivity contribution in [3.05, 3.63) is 66.5 Å². The average molecular weight is 537 g/mol. The van der Waals surface area contributed by atoms with Crippen molar-refractivity contribution in [2.45, 2.75) is 33.1 Å². The van der Waals surface area contributed by atoms with Gasteiger partial charge in [0.15, 0.2) is 0 Å². The molecule has 0 spiro atoms. The summed E-state index contributed by atoms with van der Waals surface area (Å²) in [6, 6.07) is 15.3. The molecule has 0 bridgehead atoms. The third-order valence-corrected chi connectivity index (χ3v) is 8.56. The van der Waals surface area contributed by atoms with Gasteiger partial charge < -0.3 is 0 Å². The van der Waals surface area contributed by atoms with Crippen molar-refractivity contribution >= 4 is 11.1 Å². The summed E-state index contributed by atoms with van der Waals surface area (Å²) in [7, 11) is 0. The maximum absolute atomic E-state index is 4.88. The van der Waals surface area contributed by atoms with E-state index < -0.39 is 0 Å². The molecular weight excluding hydrogens is 514 g/mol. The molecule has 0 amide bonds. The van der Waals surface area contributed by atoms with Gasteiger partial charge in [0.1, 0.15) is 0 Å². The number of nitrogens with zero attached hydrogens (tertiary/aromatic N) is 3. The number of rotatable bonds is 4. The van der Waals surface area contributed by atoms with Crippen molar-refractivity contribution < 1.29 is 44.2 Å². The fourth-order valence-corrected chi connectivity index (χ4v) is 6.92. The molecule has 0 unspecified atom stereocenters. The number of nitrogens with one attached hydrogen (secondary N) is 2. The molecule has 5 nitrogen and oxygen atoms in total. The summed E-state index contributed by atoms with van der Waals surface area (Å²) in [6.45, 7) is 6.47. The van der Waals surface area contributed by atoms with E-state index in [1.54, 1.807) is 0 Å². The van der Waals surface area contributed by atoms with Gasteiger partial charge in [0.2, 0.25) is 0 Å². The number of H-pyrrole nitrogens is 2. The average Bonchev–Trinajstić information content (AvgIpc) is 3.52. The summed E-state index contributed by atoms with van der Waals surface area (Å²) in [4.78, 5) is 21.2. The second-order valence-electron chi connectivity index (χ2n) is 8.35. The van der Waals surface area contributed by atoms with E-state index >= 15 is 0 Å². The molecule has 5 aromatic rings. The van der Waals surface area contributed by atoms with Crippen LogP contribution in [0.2, 0.25) is 0 Å². The second-order valence-corrected chi connectivity index (χ2v) is 11.0. The van der Waals surface area contributed by atoms with Crippen molar-refractivity contribution in [3.63, 3.8) is 0 Å². The molecule has 6 heteroatoms. The molecule has 0 fully saturated rings. The minimum atomic E-state index is -0.0404. The minimum absolute atomic E-state index is 0.0404. The van der Waals surface area contributed by atoms with Crippen LogP contribution in [0.4, 0.5) is 0 Å². The molecule has 2 N–H and O–H groups in total. The molecule has 4 heterocycles. The first-order chi connectivity index (χ1) is 15.6. The van der Waals surface area contributed by atoms with Gasteiger partial charge in [0.25, 0.3) is 0 Å². The molecule has 0 aliphatic carbocycles. The Bertz CT molecular complexity index is 1480. The van der Waals surface area contributed by atoms with Gasteiger partial charge in [-0.3, -0.25) is 0 Å². The Kier molecular flexibility index (Phi) is 5.12. The van der Waals surface area contributed by atoms with Crippen molar-refractivity contribution in [1.82, 2.24) is 24.9 Å². The van der Waals surface area contributed by atoms with Gasteiger partial charge in [-0.2, -0.15) is 0 Å². The second kappa shape index (κ2) is 8.01. The number of fused-ring (bicyclic) bond motifs is 4. The molecule has 2 aromatic carbocycles. The fraction of sp³-hybridized carbons (Fsp3) is 0.192. The topological polar surface area (TPSA) is 70.2 Å². The zero-order chi connectivity index (χ0) is 21.8. The van der Waals surface area contributed by atoms with Gasteiger partial charge in [0.05, 0.1) is 0 Å². The fourth-order valence-electron chi connectivity index (χ4n) is 4.23. The summed E-state index contributed by atoms with van der Waals surface area (Å²) in [5, 5.41) is 1.14. The summed E-state index contributed by atoms with van der Waals surface area (Å²) in [5.74, 6) is 2.51. The number of hydrogen-bond donors (Lipinski definition) is 2. The van der Waals surface area contributed by atoms with Crippen LogP contribution < -0.4 is 0.193 Å². The van der Waals surface area contributed by atoms with E-state index in [0.29, 0.717) is 5.92 Å². The normalized spacial score (nSPS) is 12.8. The third kappa shape index (κ3) is 3.31. The predicted molar refractivity (Wildman–Crippen MR) is 125 cm³/mol. The number of aromatic amines is 2. The zero-order valence-electron chi connectivity index (χ0n) is 18.2. The number of hydrogen-bond acceptors (Lipinski definition) is 3. The molecule has 32 heavy (non-hydrogen) atoms. The van der Waals surface area contributed by atoms with Crippen molar-refractivity contribution in [2.24, 2.45) is 0 Å². The van der Waals surface area contributed by atoms with E-state index in [0.717, 1.165) is 51.5 Å². The number of aryl methyl sites for hydroxylation is 1. The van der Waals surface area contributed by atoms with Crippen LogP contribution in [-0.4, -0.2) is 24.9 Å². The number of benzene rings is 2. The molecular formula is C26H23N5Xe. The molecule has 0 atom stereocenters. The van der Waals surface area contributed by atoms with Crippen molar-refractivity contribution in [3.8, 4) is 33.6 Å². The van der Waals surface area contributed by atoms with Crippen LogP contribution in [0.1, 0.15) is 38.3 Å². The standard InChI is InChI=1S/C26H23N5Xe/c1-4-22-28-13-20(29-22)17-10-9-16(23-18(17)6-5-11-27-23)15-7-8-19-21(12-15)32-26-24(19)30-25(31-26)14(2)3/h5-14H,4H2,1-3H3,(H,28,29)(H,30,31). The van der Waals surface area contributed by atoms with Crippen LogP contribution in [0.5, 0.6) is 0 Å². The molecule has 160 valence electrons. The summed E-state index contributed by atoms with van der Waals surface area (Å²) in [5.41, 5.74) is 7.99. The van der Waals surface area contributed by atoms with Crippen LogP contribution in [0.15, 0.2) is 54.9 Å². The molecule has 0 radical (unpaired) electrons. The van der Waals surface area contributed by atoms with E-state index in [1.165, 1.54) is 11.3 Å². The third-order valence-electron chi connectivity index (χ3n) is 5.95. The van der Waals surface area contributed by atoms with E-state index in [2.05, 4.69) is 72.1 Å². The van der Waals surface area contributed by atoms with Crippen LogP contribution in [-0.2, 0) is 6.42 Å². The van der Waals surface area contributed by atoms with Crippen molar-refractivity contribution in [1.29, 1.82) is 0 Å². The van der Waals surface area contributed by atoms with Gasteiger partial charge in [-0.15, -0.1) is 0 Å². The van der Waals surface area contributed by atoms with Gasteiger partial charge in [-0.25, -0.2) is 0 Å². The summed E-state index contributed by atoms with van der Waals surface area (Å²) in [6.07, 6.45) is 4.69. The van der Waals surface area contributed by atoms with Gasteiger partial charge >= 0.3 is 213 Å². The van der Waals surface area contributed by atoms with Gasteiger partial charge in [-0.1, -0.05) is 0 Å². The van der Waals surface area contributed by atoms with E-state index in [4.69, 9.17) is 9.97 Å². The molecule has 3 aromatic heterocycles. The Morgan fingerprint density at radius 3 is 2.62 bits per heavy atom. The number of pyridine rings is 1. The van der Waals surface area contributed by atoms with Crippen molar-refractivity contribution in [2.75, 3.05) is 0 Å². The van der Waals surface area contributed by atoms with E-state index in [1.807, 2.05) is 18.5 Å². The first-order valence-corrected chi connectivity index (χ1v) is 12.9. The van der Waals surface area contributed by atoms with Crippen LogP contribution in [0.3, 0.4) is 0 Å². The van der Waals surface area contributed by atoms with Crippen LogP contribution in [0, 0.1) is 44.2 Å². The van der Waals surface area contributed by atoms with E-state index in [9.17, 15) is 0 Å². The Hall–Kier alpha value is -2.16. The first kappa shape index (κ1) is 20.4. The molecule has 1 aliphatic heterocycles. The Balaban J connectivity index is 1.45. The summed E-state index contributed by atoms with van der Waals surface area (Å²) >= 11 is -0.0404. The Morgan fingerprint density at radius 2 is 1.81 bits per heavy atom. The quantitative estimate of drug-likeness (QED) is 0.343. The Labute approximate surface area is 211 Å². The number of aromatic nitrogens is 5. The van der Waals surface area contributed by atoms with Crippen LogP contribution >= 0.6 is 0 Å². The molecule has 0 saturated carbocycles. The van der Waals surface area contributed by atoms with Gasteiger partial charge in [0, 0.05) is 0 Å². The molecule has 6 rings (SSSR count). The van der Waals surface area contributed by atoms with E-state index in [-0.39, 0.29) is 44.2 Å². The van der Waals surface area contributed by atoms with Gasteiger partial charge in [-0.05, 0) is 0 Å². The SMILES string of the molecule is CCc1ncc(-c2ccc(-c3ccc4c(c3)[Xe]c3[nH]c(C(C)C)nc3-4)c3ncccc23)[nH]1. The predicted octanol–water partition coefficient (Wildman–Crippen LogP) is 4.72. The summed E-state index contributed by atoms with van der Waals surface area (Å²) < 4.78 is 2.73. The number of imidazole rings is 2. The molecule has 1 aliphatic rings. The Morgan fingerprint density at radius 1 is 0.969 bits per heavy atom. The molecule has 0 saturated heterocycles.